The maximum absolute atomic E-state index is 6.37. The molecule has 1 saturated carbocycles. The zero-order chi connectivity index (χ0) is 12.1. The zero-order valence-electron chi connectivity index (χ0n) is 11.6. The van der Waals surface area contributed by atoms with E-state index in [2.05, 4.69) is 32.6 Å². The molecule has 4 unspecified atom stereocenters. The van der Waals surface area contributed by atoms with Crippen molar-refractivity contribution >= 4 is 0 Å². The van der Waals surface area contributed by atoms with Gasteiger partial charge in [0.15, 0.2) is 0 Å². The second-order valence-electron chi connectivity index (χ2n) is 5.69. The molecular weight excluding hydrogens is 196 g/mol. The topological polar surface area (TPSA) is 29.3 Å². The van der Waals surface area contributed by atoms with Crippen molar-refractivity contribution in [3.63, 3.8) is 0 Å². The van der Waals surface area contributed by atoms with Crippen LogP contribution in [0.4, 0.5) is 0 Å². The van der Waals surface area contributed by atoms with Crippen LogP contribution in [0.3, 0.4) is 0 Å². The average molecular weight is 226 g/mol. The van der Waals surface area contributed by atoms with E-state index in [1.807, 2.05) is 0 Å². The van der Waals surface area contributed by atoms with Crippen LogP contribution in [-0.2, 0) is 0 Å². The molecule has 0 aromatic rings. The number of rotatable bonds is 5. The lowest BCUT2D eigenvalue weighted by atomic mass is 9.76. The third-order valence-corrected chi connectivity index (χ3v) is 4.10. The number of likely N-dealkylation sites (N-methyl/N-ethyl adjacent to an activating group) is 1. The van der Waals surface area contributed by atoms with Gasteiger partial charge < -0.3 is 5.73 Å². The molecule has 16 heavy (non-hydrogen) atoms. The molecule has 1 fully saturated rings. The number of hydrogen-bond donors (Lipinski definition) is 1. The fourth-order valence-corrected chi connectivity index (χ4v) is 3.41. The van der Waals surface area contributed by atoms with E-state index < -0.39 is 0 Å². The molecule has 0 bridgehead atoms. The number of nitrogens with zero attached hydrogens (tertiary/aromatic N) is 1. The fraction of sp³-hybridized carbons (Fsp3) is 1.00. The van der Waals surface area contributed by atoms with Crippen LogP contribution in [0.5, 0.6) is 0 Å². The Morgan fingerprint density at radius 1 is 1.19 bits per heavy atom. The molecule has 2 N–H and O–H groups in total. The molecule has 0 aromatic carbocycles. The van der Waals surface area contributed by atoms with Gasteiger partial charge in [-0.25, -0.2) is 0 Å². The molecule has 0 spiro atoms. The van der Waals surface area contributed by atoms with E-state index in [-0.39, 0.29) is 0 Å². The Labute approximate surface area is 102 Å². The highest BCUT2D eigenvalue weighted by molar-refractivity contribution is 4.91. The molecule has 2 heteroatoms. The molecule has 4 atom stereocenters. The van der Waals surface area contributed by atoms with Gasteiger partial charge in [0.05, 0.1) is 0 Å². The van der Waals surface area contributed by atoms with Gasteiger partial charge in [0.25, 0.3) is 0 Å². The summed E-state index contributed by atoms with van der Waals surface area (Å²) in [6.07, 6.45) is 5.14. The molecule has 96 valence electrons. The normalized spacial score (nSPS) is 35.6. The van der Waals surface area contributed by atoms with E-state index in [0.29, 0.717) is 12.1 Å². The Morgan fingerprint density at radius 2 is 1.88 bits per heavy atom. The summed E-state index contributed by atoms with van der Waals surface area (Å²) in [5.41, 5.74) is 6.37. The first kappa shape index (κ1) is 14.0. The van der Waals surface area contributed by atoms with E-state index >= 15 is 0 Å². The molecule has 1 rings (SSSR count). The summed E-state index contributed by atoms with van der Waals surface area (Å²) in [5.74, 6) is 1.57. The Balaban J connectivity index is 2.59. The Morgan fingerprint density at radius 3 is 2.38 bits per heavy atom. The van der Waals surface area contributed by atoms with Gasteiger partial charge in [0.1, 0.15) is 0 Å². The first-order chi connectivity index (χ1) is 7.60. The van der Waals surface area contributed by atoms with Gasteiger partial charge in [-0.05, 0) is 44.2 Å². The third kappa shape index (κ3) is 3.46. The number of hydrogen-bond acceptors (Lipinski definition) is 2. The van der Waals surface area contributed by atoms with Crippen molar-refractivity contribution < 1.29 is 0 Å². The molecular formula is C14H30N2. The van der Waals surface area contributed by atoms with Gasteiger partial charge in [-0.15, -0.1) is 0 Å². The zero-order valence-corrected chi connectivity index (χ0v) is 11.6. The van der Waals surface area contributed by atoms with Gasteiger partial charge in [-0.2, -0.15) is 0 Å². The summed E-state index contributed by atoms with van der Waals surface area (Å²) in [4.78, 5) is 2.62. The summed E-state index contributed by atoms with van der Waals surface area (Å²) < 4.78 is 0. The Bertz CT molecular complexity index is 181. The van der Waals surface area contributed by atoms with Crippen LogP contribution in [0, 0.1) is 11.8 Å². The quantitative estimate of drug-likeness (QED) is 0.781. The maximum Gasteiger partial charge on any atom is 0.0272 e. The van der Waals surface area contributed by atoms with Gasteiger partial charge in [0, 0.05) is 12.1 Å². The maximum atomic E-state index is 6.37. The van der Waals surface area contributed by atoms with Crippen LogP contribution in [-0.4, -0.2) is 30.1 Å². The van der Waals surface area contributed by atoms with Crippen molar-refractivity contribution in [1.82, 2.24) is 4.90 Å². The smallest absolute Gasteiger partial charge is 0.0272 e. The predicted octanol–water partition coefficient (Wildman–Crippen LogP) is 2.87. The molecule has 0 amide bonds. The summed E-state index contributed by atoms with van der Waals surface area (Å²) in [7, 11) is 0. The number of nitrogens with two attached hydrogens (primary N) is 1. The van der Waals surface area contributed by atoms with Crippen molar-refractivity contribution in [2.45, 2.75) is 65.5 Å². The average Bonchev–Trinajstić information content (AvgIpc) is 2.21. The fourth-order valence-electron chi connectivity index (χ4n) is 3.41. The van der Waals surface area contributed by atoms with Crippen LogP contribution in [0.15, 0.2) is 0 Å². The SMILES string of the molecule is CCCCN(CC)C1C(C)CC(C)CC1N. The third-order valence-electron chi connectivity index (χ3n) is 4.10. The lowest BCUT2D eigenvalue weighted by Crippen LogP contribution is -2.55. The summed E-state index contributed by atoms with van der Waals surface area (Å²) in [6.45, 7) is 11.6. The van der Waals surface area contributed by atoms with Crippen LogP contribution >= 0.6 is 0 Å². The Kier molecular flexibility index (Phi) is 5.77. The lowest BCUT2D eigenvalue weighted by molar-refractivity contribution is 0.0783. The van der Waals surface area contributed by atoms with Crippen LogP contribution in [0.2, 0.25) is 0 Å². The van der Waals surface area contributed by atoms with Gasteiger partial charge >= 0.3 is 0 Å². The summed E-state index contributed by atoms with van der Waals surface area (Å²) >= 11 is 0. The van der Waals surface area contributed by atoms with Crippen molar-refractivity contribution in [1.29, 1.82) is 0 Å². The standard InChI is InChI=1S/C14H30N2/c1-5-7-8-16(6-2)14-12(4)9-11(3)10-13(14)15/h11-14H,5-10,15H2,1-4H3. The molecule has 0 radical (unpaired) electrons. The van der Waals surface area contributed by atoms with Gasteiger partial charge in [0.2, 0.25) is 0 Å². The highest BCUT2D eigenvalue weighted by Crippen LogP contribution is 2.31. The number of unbranched alkanes of at least 4 members (excludes halogenated alkanes) is 1. The van der Waals surface area contributed by atoms with E-state index in [0.717, 1.165) is 18.4 Å². The molecule has 0 saturated heterocycles. The van der Waals surface area contributed by atoms with Gasteiger partial charge in [-0.1, -0.05) is 34.1 Å². The van der Waals surface area contributed by atoms with E-state index in [4.69, 9.17) is 5.73 Å². The first-order valence-electron chi connectivity index (χ1n) is 7.09. The molecule has 2 nitrogen and oxygen atoms in total. The van der Waals surface area contributed by atoms with E-state index in [1.54, 1.807) is 0 Å². The molecule has 1 aliphatic rings. The van der Waals surface area contributed by atoms with Crippen LogP contribution in [0.1, 0.15) is 53.4 Å². The van der Waals surface area contributed by atoms with Crippen molar-refractivity contribution in [3.05, 3.63) is 0 Å². The highest BCUT2D eigenvalue weighted by Gasteiger charge is 2.34. The van der Waals surface area contributed by atoms with Crippen molar-refractivity contribution in [3.8, 4) is 0 Å². The van der Waals surface area contributed by atoms with E-state index in [1.165, 1.54) is 32.2 Å². The molecule has 0 heterocycles. The summed E-state index contributed by atoms with van der Waals surface area (Å²) in [6, 6.07) is 1.00. The second kappa shape index (κ2) is 6.61. The monoisotopic (exact) mass is 226 g/mol. The second-order valence-corrected chi connectivity index (χ2v) is 5.69. The largest absolute Gasteiger partial charge is 0.326 e. The summed E-state index contributed by atoms with van der Waals surface area (Å²) in [5, 5.41) is 0. The van der Waals surface area contributed by atoms with Crippen molar-refractivity contribution in [2.24, 2.45) is 17.6 Å². The first-order valence-corrected chi connectivity index (χ1v) is 7.09. The predicted molar refractivity (Wildman–Crippen MR) is 71.5 cm³/mol. The van der Waals surface area contributed by atoms with Gasteiger partial charge in [-0.3, -0.25) is 4.90 Å². The molecule has 0 aromatic heterocycles. The van der Waals surface area contributed by atoms with Crippen LogP contribution in [0.25, 0.3) is 0 Å². The minimum atomic E-state index is 0.385. The molecule has 0 aliphatic heterocycles. The minimum absolute atomic E-state index is 0.385. The van der Waals surface area contributed by atoms with Crippen molar-refractivity contribution in [2.75, 3.05) is 13.1 Å². The minimum Gasteiger partial charge on any atom is -0.326 e. The molecule has 1 aliphatic carbocycles. The van der Waals surface area contributed by atoms with Crippen LogP contribution < -0.4 is 5.73 Å². The lowest BCUT2D eigenvalue weighted by Gasteiger charge is -2.44. The highest BCUT2D eigenvalue weighted by atomic mass is 15.2. The van der Waals surface area contributed by atoms with E-state index in [9.17, 15) is 0 Å². The Hall–Kier alpha value is -0.0800.